The predicted octanol–water partition coefficient (Wildman–Crippen LogP) is 4.45. The van der Waals surface area contributed by atoms with Crippen LogP contribution in [-0.2, 0) is 9.53 Å². The van der Waals surface area contributed by atoms with Gasteiger partial charge < -0.3 is 4.74 Å². The molecular weight excluding hydrogens is 236 g/mol. The summed E-state index contributed by atoms with van der Waals surface area (Å²) in [6.45, 7) is 10.9. The van der Waals surface area contributed by atoms with E-state index in [0.29, 0.717) is 13.0 Å². The Morgan fingerprint density at radius 2 is 1.68 bits per heavy atom. The van der Waals surface area contributed by atoms with Crippen molar-refractivity contribution in [2.45, 2.75) is 60.0 Å². The van der Waals surface area contributed by atoms with E-state index in [-0.39, 0.29) is 11.9 Å². The Hall–Kier alpha value is -1.15. The third-order valence-corrected chi connectivity index (χ3v) is 3.28. The lowest BCUT2D eigenvalue weighted by atomic mass is 9.92. The fraction of sp³-hybridized carbons (Fsp3) is 0.588. The fourth-order valence-electron chi connectivity index (χ4n) is 2.56. The first-order chi connectivity index (χ1) is 9.01. The molecule has 0 bridgehead atoms. The molecule has 0 aromatic heterocycles. The molecule has 2 heteroatoms. The van der Waals surface area contributed by atoms with E-state index in [1.54, 1.807) is 0 Å². The minimum absolute atomic E-state index is 0.200. The van der Waals surface area contributed by atoms with E-state index >= 15 is 0 Å². The maximum atomic E-state index is 12.3. The highest BCUT2D eigenvalue weighted by Gasteiger charge is 2.23. The molecule has 1 rings (SSSR count). The molecule has 0 aliphatic rings. The first-order valence-electron chi connectivity index (χ1n) is 7.23. The van der Waals surface area contributed by atoms with Gasteiger partial charge in [-0.3, -0.25) is 4.79 Å². The molecule has 0 amide bonds. The minimum Gasteiger partial charge on any atom is -0.366 e. The highest BCUT2D eigenvalue weighted by Crippen LogP contribution is 2.28. The number of carbonyl (C=O) groups is 1. The van der Waals surface area contributed by atoms with Gasteiger partial charge in [0.1, 0.15) is 6.10 Å². The second kappa shape index (κ2) is 7.44. The average Bonchev–Trinajstić information content (AvgIpc) is 2.32. The van der Waals surface area contributed by atoms with Crippen molar-refractivity contribution in [2.24, 2.45) is 0 Å². The van der Waals surface area contributed by atoms with Crippen LogP contribution in [0.4, 0.5) is 0 Å². The summed E-state index contributed by atoms with van der Waals surface area (Å²) in [5, 5.41) is 0. The molecule has 1 unspecified atom stereocenters. The minimum atomic E-state index is -0.388. The largest absolute Gasteiger partial charge is 0.366 e. The topological polar surface area (TPSA) is 26.3 Å². The zero-order chi connectivity index (χ0) is 14.4. The van der Waals surface area contributed by atoms with Crippen LogP contribution in [0.3, 0.4) is 0 Å². The van der Waals surface area contributed by atoms with Gasteiger partial charge in [0.15, 0.2) is 5.78 Å². The molecule has 0 saturated carbocycles. The number of rotatable bonds is 7. The predicted molar refractivity (Wildman–Crippen MR) is 79.6 cm³/mol. The van der Waals surface area contributed by atoms with Crippen LogP contribution >= 0.6 is 0 Å². The van der Waals surface area contributed by atoms with Gasteiger partial charge in [-0.15, -0.1) is 0 Å². The number of benzene rings is 1. The van der Waals surface area contributed by atoms with Crippen molar-refractivity contribution in [1.29, 1.82) is 0 Å². The van der Waals surface area contributed by atoms with Gasteiger partial charge in [-0.05, 0) is 50.3 Å². The van der Waals surface area contributed by atoms with Gasteiger partial charge in [0.05, 0.1) is 0 Å². The second-order valence-electron chi connectivity index (χ2n) is 5.28. The van der Waals surface area contributed by atoms with Crippen LogP contribution in [-0.4, -0.2) is 12.4 Å². The quantitative estimate of drug-likeness (QED) is 0.725. The van der Waals surface area contributed by atoms with E-state index in [9.17, 15) is 4.79 Å². The molecule has 0 aliphatic carbocycles. The molecule has 19 heavy (non-hydrogen) atoms. The molecule has 1 aromatic rings. The Balaban J connectivity index is 3.13. The maximum Gasteiger partial charge on any atom is 0.166 e. The molecule has 0 aliphatic heterocycles. The average molecular weight is 262 g/mol. The van der Waals surface area contributed by atoms with Crippen LogP contribution in [0.1, 0.15) is 61.5 Å². The van der Waals surface area contributed by atoms with Crippen LogP contribution in [0.15, 0.2) is 12.1 Å². The number of ketones is 1. The monoisotopic (exact) mass is 262 g/mol. The number of carbonyl (C=O) groups excluding carboxylic acids is 1. The SMILES string of the molecule is CCCOC(C(=O)CCC)c1c(C)cc(C)cc1C. The van der Waals surface area contributed by atoms with Crippen molar-refractivity contribution in [2.75, 3.05) is 6.61 Å². The summed E-state index contributed by atoms with van der Waals surface area (Å²) in [7, 11) is 0. The molecule has 0 spiro atoms. The summed E-state index contributed by atoms with van der Waals surface area (Å²) in [5.74, 6) is 0.200. The Bertz CT molecular complexity index is 412. The molecule has 0 saturated heterocycles. The van der Waals surface area contributed by atoms with E-state index in [1.807, 2.05) is 6.92 Å². The number of hydrogen-bond acceptors (Lipinski definition) is 2. The molecule has 0 radical (unpaired) electrons. The first kappa shape index (κ1) is 15.9. The summed E-state index contributed by atoms with van der Waals surface area (Å²) in [5.41, 5.74) is 4.61. The standard InChI is InChI=1S/C17H26O2/c1-6-8-15(18)17(19-9-7-2)16-13(4)10-12(3)11-14(16)5/h10-11,17H,6-9H2,1-5H3. The fourth-order valence-corrected chi connectivity index (χ4v) is 2.56. The van der Waals surface area contributed by atoms with Gasteiger partial charge >= 0.3 is 0 Å². The van der Waals surface area contributed by atoms with Crippen molar-refractivity contribution < 1.29 is 9.53 Å². The maximum absolute atomic E-state index is 12.3. The van der Waals surface area contributed by atoms with Crippen LogP contribution < -0.4 is 0 Å². The highest BCUT2D eigenvalue weighted by atomic mass is 16.5. The van der Waals surface area contributed by atoms with E-state index in [2.05, 4.69) is 39.8 Å². The van der Waals surface area contributed by atoms with Gasteiger partial charge in [0.25, 0.3) is 0 Å². The third-order valence-electron chi connectivity index (χ3n) is 3.28. The van der Waals surface area contributed by atoms with E-state index in [4.69, 9.17) is 4.74 Å². The molecule has 0 N–H and O–H groups in total. The zero-order valence-corrected chi connectivity index (χ0v) is 12.9. The Morgan fingerprint density at radius 1 is 1.11 bits per heavy atom. The Morgan fingerprint density at radius 3 is 2.16 bits per heavy atom. The summed E-state index contributed by atoms with van der Waals surface area (Å²) in [6, 6.07) is 4.26. The van der Waals surface area contributed by atoms with Gasteiger partial charge in [-0.2, -0.15) is 0 Å². The second-order valence-corrected chi connectivity index (χ2v) is 5.28. The van der Waals surface area contributed by atoms with E-state index < -0.39 is 0 Å². The molecule has 0 fully saturated rings. The first-order valence-corrected chi connectivity index (χ1v) is 7.23. The van der Waals surface area contributed by atoms with Crippen LogP contribution in [0.5, 0.6) is 0 Å². The van der Waals surface area contributed by atoms with Crippen molar-refractivity contribution in [3.05, 3.63) is 34.4 Å². The molecule has 1 atom stereocenters. The van der Waals surface area contributed by atoms with Crippen LogP contribution in [0.2, 0.25) is 0 Å². The lowest BCUT2D eigenvalue weighted by molar-refractivity contribution is -0.131. The summed E-state index contributed by atoms with van der Waals surface area (Å²) >= 11 is 0. The van der Waals surface area contributed by atoms with E-state index in [0.717, 1.165) is 29.5 Å². The van der Waals surface area contributed by atoms with Gasteiger partial charge in [0.2, 0.25) is 0 Å². The van der Waals surface area contributed by atoms with Crippen molar-refractivity contribution in [1.82, 2.24) is 0 Å². The normalized spacial score (nSPS) is 12.5. The Kier molecular flexibility index (Phi) is 6.23. The Labute approximate surface area is 117 Å². The van der Waals surface area contributed by atoms with Crippen molar-refractivity contribution in [3.63, 3.8) is 0 Å². The summed E-state index contributed by atoms with van der Waals surface area (Å²) in [4.78, 5) is 12.3. The highest BCUT2D eigenvalue weighted by molar-refractivity contribution is 5.85. The lowest BCUT2D eigenvalue weighted by Crippen LogP contribution is -2.19. The number of Topliss-reactive ketones (excluding diaryl/α,β-unsaturated/α-hetero) is 1. The molecule has 106 valence electrons. The van der Waals surface area contributed by atoms with Gasteiger partial charge in [0, 0.05) is 13.0 Å². The smallest absolute Gasteiger partial charge is 0.166 e. The summed E-state index contributed by atoms with van der Waals surface area (Å²) < 4.78 is 5.84. The third kappa shape index (κ3) is 4.17. The number of hydrogen-bond donors (Lipinski definition) is 0. The van der Waals surface area contributed by atoms with Gasteiger partial charge in [-0.1, -0.05) is 31.5 Å². The van der Waals surface area contributed by atoms with Crippen LogP contribution in [0.25, 0.3) is 0 Å². The number of ether oxygens (including phenoxy) is 1. The van der Waals surface area contributed by atoms with Gasteiger partial charge in [-0.25, -0.2) is 0 Å². The molecule has 2 nitrogen and oxygen atoms in total. The van der Waals surface area contributed by atoms with E-state index in [1.165, 1.54) is 5.56 Å². The molecular formula is C17H26O2. The lowest BCUT2D eigenvalue weighted by Gasteiger charge is -2.21. The summed E-state index contributed by atoms with van der Waals surface area (Å²) in [6.07, 6.45) is 2.00. The van der Waals surface area contributed by atoms with Crippen molar-refractivity contribution in [3.8, 4) is 0 Å². The zero-order valence-electron chi connectivity index (χ0n) is 12.9. The number of aryl methyl sites for hydroxylation is 3. The van der Waals surface area contributed by atoms with Crippen molar-refractivity contribution >= 4 is 5.78 Å². The van der Waals surface area contributed by atoms with Crippen LogP contribution in [0, 0.1) is 20.8 Å². The molecule has 0 heterocycles. The molecule has 1 aromatic carbocycles.